The fourth-order valence-corrected chi connectivity index (χ4v) is 5.63. The van der Waals surface area contributed by atoms with Crippen molar-refractivity contribution in [2.45, 2.75) is 96.2 Å². The highest BCUT2D eigenvalue weighted by Gasteiger charge is 2.32. The molecule has 1 N–H and O–H groups in total. The number of carbonyl (C=O) groups is 2. The number of rotatable bonds is 11. The summed E-state index contributed by atoms with van der Waals surface area (Å²) in [6.07, 6.45) is 6.91. The van der Waals surface area contributed by atoms with Crippen molar-refractivity contribution >= 4 is 11.8 Å². The molecule has 0 bridgehead atoms. The Bertz CT molecular complexity index is 1260. The van der Waals surface area contributed by atoms with Gasteiger partial charge in [-0.05, 0) is 59.1 Å². The molecule has 0 spiro atoms. The number of nitrogens with zero attached hydrogens (tertiary/aromatic N) is 1. The summed E-state index contributed by atoms with van der Waals surface area (Å²) in [5, 5.41) is 3.32. The summed E-state index contributed by atoms with van der Waals surface area (Å²) in [6, 6.07) is 25.9. The molecule has 3 aromatic carbocycles. The zero-order valence-corrected chi connectivity index (χ0v) is 25.2. The zero-order valence-electron chi connectivity index (χ0n) is 25.2. The van der Waals surface area contributed by atoms with Crippen LogP contribution in [0.4, 0.5) is 0 Å². The molecule has 0 heterocycles. The van der Waals surface area contributed by atoms with E-state index < -0.39 is 6.04 Å². The number of amides is 2. The number of aryl methyl sites for hydroxylation is 1. The molecule has 1 aliphatic carbocycles. The van der Waals surface area contributed by atoms with Crippen LogP contribution < -0.4 is 10.1 Å². The molecule has 0 aromatic heterocycles. The monoisotopic (exact) mass is 554 g/mol. The van der Waals surface area contributed by atoms with Crippen molar-refractivity contribution in [2.75, 3.05) is 7.11 Å². The van der Waals surface area contributed by atoms with Gasteiger partial charge in [0, 0.05) is 25.4 Å². The fourth-order valence-electron chi connectivity index (χ4n) is 5.63. The summed E-state index contributed by atoms with van der Waals surface area (Å²) in [4.78, 5) is 29.8. The maximum atomic E-state index is 14.0. The molecule has 41 heavy (non-hydrogen) atoms. The Balaban J connectivity index is 1.60. The number of ether oxygens (including phenoxy) is 1. The van der Waals surface area contributed by atoms with Crippen LogP contribution in [0.2, 0.25) is 0 Å². The lowest BCUT2D eigenvalue weighted by Crippen LogP contribution is -2.52. The third-order valence-electron chi connectivity index (χ3n) is 8.16. The largest absolute Gasteiger partial charge is 0.497 e. The second kappa shape index (κ2) is 14.3. The lowest BCUT2D eigenvalue weighted by molar-refractivity contribution is -0.141. The molecule has 4 rings (SSSR count). The first kappa shape index (κ1) is 30.4. The maximum Gasteiger partial charge on any atom is 0.243 e. The van der Waals surface area contributed by atoms with Crippen LogP contribution in [-0.2, 0) is 34.4 Å². The van der Waals surface area contributed by atoms with Gasteiger partial charge in [-0.2, -0.15) is 0 Å². The van der Waals surface area contributed by atoms with E-state index in [-0.39, 0.29) is 23.3 Å². The number of benzene rings is 3. The normalized spacial score (nSPS) is 14.7. The molecular weight excluding hydrogens is 508 g/mol. The lowest BCUT2D eigenvalue weighted by atomic mass is 9.86. The third kappa shape index (κ3) is 8.94. The molecular formula is C36H46N2O3. The highest BCUT2D eigenvalue weighted by Crippen LogP contribution is 2.24. The van der Waals surface area contributed by atoms with Crippen LogP contribution in [0.5, 0.6) is 5.75 Å². The van der Waals surface area contributed by atoms with E-state index in [4.69, 9.17) is 4.74 Å². The zero-order chi connectivity index (χ0) is 29.2. The van der Waals surface area contributed by atoms with Crippen LogP contribution in [-0.4, -0.2) is 35.9 Å². The van der Waals surface area contributed by atoms with E-state index in [1.165, 1.54) is 12.0 Å². The van der Waals surface area contributed by atoms with Crippen molar-refractivity contribution in [3.05, 3.63) is 101 Å². The van der Waals surface area contributed by atoms with E-state index in [1.807, 2.05) is 54.6 Å². The molecule has 1 fully saturated rings. The van der Waals surface area contributed by atoms with Gasteiger partial charge < -0.3 is 15.0 Å². The van der Waals surface area contributed by atoms with Gasteiger partial charge >= 0.3 is 0 Å². The predicted octanol–water partition coefficient (Wildman–Crippen LogP) is 7.01. The average molecular weight is 555 g/mol. The van der Waals surface area contributed by atoms with Crippen LogP contribution in [0.25, 0.3) is 0 Å². The van der Waals surface area contributed by atoms with E-state index in [1.54, 1.807) is 12.0 Å². The van der Waals surface area contributed by atoms with Gasteiger partial charge in [-0.3, -0.25) is 9.59 Å². The topological polar surface area (TPSA) is 58.6 Å². The van der Waals surface area contributed by atoms with Gasteiger partial charge in [-0.25, -0.2) is 0 Å². The molecule has 0 saturated heterocycles. The first-order chi connectivity index (χ1) is 19.7. The number of carbonyl (C=O) groups excluding carboxylic acids is 2. The Morgan fingerprint density at radius 1 is 0.878 bits per heavy atom. The summed E-state index contributed by atoms with van der Waals surface area (Å²) in [5.41, 5.74) is 4.46. The molecule has 0 aliphatic heterocycles. The first-order valence-corrected chi connectivity index (χ1v) is 15.1. The molecule has 2 amide bonds. The molecule has 3 aromatic rings. The predicted molar refractivity (Wildman–Crippen MR) is 166 cm³/mol. The van der Waals surface area contributed by atoms with Gasteiger partial charge in [0.05, 0.1) is 7.11 Å². The Morgan fingerprint density at radius 2 is 1.56 bits per heavy atom. The Kier molecular flexibility index (Phi) is 10.6. The minimum Gasteiger partial charge on any atom is -0.497 e. The van der Waals surface area contributed by atoms with Crippen LogP contribution in [0.15, 0.2) is 78.9 Å². The van der Waals surface area contributed by atoms with Crippen LogP contribution >= 0.6 is 0 Å². The van der Waals surface area contributed by atoms with Crippen LogP contribution in [0.3, 0.4) is 0 Å². The van der Waals surface area contributed by atoms with Gasteiger partial charge in [0.1, 0.15) is 11.8 Å². The summed E-state index contributed by atoms with van der Waals surface area (Å²) in [6.45, 7) is 6.95. The second-order valence-corrected chi connectivity index (χ2v) is 12.4. The van der Waals surface area contributed by atoms with Gasteiger partial charge in [0.2, 0.25) is 11.8 Å². The van der Waals surface area contributed by atoms with Crippen LogP contribution in [0, 0.1) is 0 Å². The summed E-state index contributed by atoms with van der Waals surface area (Å²) >= 11 is 0. The van der Waals surface area contributed by atoms with Crippen molar-refractivity contribution in [3.8, 4) is 5.75 Å². The minimum atomic E-state index is -0.610. The van der Waals surface area contributed by atoms with E-state index in [2.05, 4.69) is 50.4 Å². The molecule has 0 radical (unpaired) electrons. The smallest absolute Gasteiger partial charge is 0.243 e. The fraction of sp³-hybridized carbons (Fsp3) is 0.444. The van der Waals surface area contributed by atoms with E-state index in [0.29, 0.717) is 25.8 Å². The quantitative estimate of drug-likeness (QED) is 0.277. The van der Waals surface area contributed by atoms with Gasteiger partial charge in [0.15, 0.2) is 0 Å². The van der Waals surface area contributed by atoms with Crippen molar-refractivity contribution < 1.29 is 14.3 Å². The molecule has 1 saturated carbocycles. The molecule has 1 aliphatic rings. The number of nitrogens with one attached hydrogen (secondary N) is 1. The second-order valence-electron chi connectivity index (χ2n) is 12.4. The standard InChI is InChI=1S/C36H46N2O3/c1-36(2,3)30-21-18-27(19-22-30)20-23-34(39)38(26-29-14-11-17-32(24-29)41-4)33(25-28-12-7-5-8-13-28)35(40)37-31-15-9-6-10-16-31/h5,7-8,11-14,17-19,21-22,24,31,33H,6,9-10,15-16,20,23,25-26H2,1-4H3,(H,37,40)/t33-/m0/s1. The van der Waals surface area contributed by atoms with Gasteiger partial charge in [-0.15, -0.1) is 0 Å². The minimum absolute atomic E-state index is 0.0209. The maximum absolute atomic E-state index is 14.0. The molecule has 218 valence electrons. The summed E-state index contributed by atoms with van der Waals surface area (Å²) in [5.74, 6) is 0.652. The van der Waals surface area contributed by atoms with Crippen molar-refractivity contribution in [1.29, 1.82) is 0 Å². The lowest BCUT2D eigenvalue weighted by Gasteiger charge is -2.33. The number of hydrogen-bond donors (Lipinski definition) is 1. The highest BCUT2D eigenvalue weighted by atomic mass is 16.5. The summed E-state index contributed by atoms with van der Waals surface area (Å²) in [7, 11) is 1.64. The van der Waals surface area contributed by atoms with E-state index >= 15 is 0 Å². The van der Waals surface area contributed by atoms with E-state index in [0.717, 1.165) is 48.1 Å². The van der Waals surface area contributed by atoms with Crippen LogP contribution in [0.1, 0.15) is 81.5 Å². The molecule has 0 unspecified atom stereocenters. The highest BCUT2D eigenvalue weighted by molar-refractivity contribution is 5.88. The Hall–Kier alpha value is -3.60. The van der Waals surface area contributed by atoms with Crippen molar-refractivity contribution in [2.24, 2.45) is 0 Å². The van der Waals surface area contributed by atoms with E-state index in [9.17, 15) is 9.59 Å². The molecule has 5 heteroatoms. The van der Waals surface area contributed by atoms with Gasteiger partial charge in [0.25, 0.3) is 0 Å². The SMILES string of the molecule is COc1cccc(CN(C(=O)CCc2ccc(C(C)(C)C)cc2)[C@@H](Cc2ccccc2)C(=O)NC2CCCCC2)c1. The Labute approximate surface area is 246 Å². The summed E-state index contributed by atoms with van der Waals surface area (Å²) < 4.78 is 5.46. The number of hydrogen-bond acceptors (Lipinski definition) is 3. The van der Waals surface area contributed by atoms with Crippen molar-refractivity contribution in [1.82, 2.24) is 10.2 Å². The molecule has 1 atom stereocenters. The Morgan fingerprint density at radius 3 is 2.22 bits per heavy atom. The first-order valence-electron chi connectivity index (χ1n) is 15.1. The average Bonchev–Trinajstić information content (AvgIpc) is 2.98. The third-order valence-corrected chi connectivity index (χ3v) is 8.16. The number of methoxy groups -OCH3 is 1. The van der Waals surface area contributed by atoms with Gasteiger partial charge in [-0.1, -0.05) is 107 Å². The molecule has 5 nitrogen and oxygen atoms in total. The van der Waals surface area contributed by atoms with Crippen molar-refractivity contribution in [3.63, 3.8) is 0 Å².